The van der Waals surface area contributed by atoms with Crippen molar-refractivity contribution in [1.82, 2.24) is 0 Å². The molecule has 2 atom stereocenters. The van der Waals surface area contributed by atoms with Crippen molar-refractivity contribution in [3.05, 3.63) is 0 Å². The zero-order valence-electron chi connectivity index (χ0n) is 6.39. The molecule has 0 aliphatic rings. The topological polar surface area (TPSA) is 37.3 Å². The summed E-state index contributed by atoms with van der Waals surface area (Å²) >= 11 is 6.41. The molecule has 0 heterocycles. The molecule has 4 heteroatoms. The molecule has 0 saturated heterocycles. The van der Waals surface area contributed by atoms with Crippen molar-refractivity contribution in [2.24, 2.45) is 0 Å². The average Bonchev–Trinajstić information content (AvgIpc) is 1.98. The summed E-state index contributed by atoms with van der Waals surface area (Å²) in [6.45, 7) is 2.09. The maximum atomic E-state index is 10.4. The number of unbranched alkanes of at least 4 members (excludes halogenated alkanes) is 1. The quantitative estimate of drug-likeness (QED) is 0.790. The number of hydrogen-bond acceptors (Lipinski definition) is 1. The molecule has 0 spiro atoms. The summed E-state index contributed by atoms with van der Waals surface area (Å²) in [6.07, 6.45) is 3.06. The summed E-state index contributed by atoms with van der Waals surface area (Å²) in [7, 11) is 0. The summed E-state index contributed by atoms with van der Waals surface area (Å²) < 4.78 is 0. The Kier molecular flexibility index (Phi) is 6.24. The van der Waals surface area contributed by atoms with Crippen LogP contribution in [0.1, 0.15) is 26.2 Å². The molecular weight excluding hydrogens is 276 g/mol. The third-order valence-corrected chi connectivity index (χ3v) is 4.11. The van der Waals surface area contributed by atoms with Gasteiger partial charge in [-0.25, -0.2) is 0 Å². The van der Waals surface area contributed by atoms with Crippen molar-refractivity contribution in [1.29, 1.82) is 0 Å². The van der Waals surface area contributed by atoms with E-state index < -0.39 is 10.8 Å². The van der Waals surface area contributed by atoms with Gasteiger partial charge in [0.2, 0.25) is 0 Å². The molecule has 2 nitrogen and oxygen atoms in total. The van der Waals surface area contributed by atoms with E-state index in [-0.39, 0.29) is 4.83 Å². The van der Waals surface area contributed by atoms with Crippen LogP contribution >= 0.6 is 31.9 Å². The van der Waals surface area contributed by atoms with Crippen LogP contribution in [0.25, 0.3) is 0 Å². The molecule has 0 bridgehead atoms. The molecule has 0 aliphatic heterocycles. The van der Waals surface area contributed by atoms with Gasteiger partial charge in [0.15, 0.2) is 0 Å². The van der Waals surface area contributed by atoms with Crippen LogP contribution in [0.5, 0.6) is 0 Å². The van der Waals surface area contributed by atoms with E-state index in [4.69, 9.17) is 5.11 Å². The molecule has 0 radical (unpaired) electrons. The largest absolute Gasteiger partial charge is 0.480 e. The minimum Gasteiger partial charge on any atom is -0.480 e. The Morgan fingerprint density at radius 3 is 2.45 bits per heavy atom. The third-order valence-electron chi connectivity index (χ3n) is 1.39. The fraction of sp³-hybridized carbons (Fsp3) is 0.857. The van der Waals surface area contributed by atoms with Crippen molar-refractivity contribution >= 4 is 37.8 Å². The van der Waals surface area contributed by atoms with E-state index in [1.165, 1.54) is 0 Å². The molecule has 11 heavy (non-hydrogen) atoms. The molecule has 0 aliphatic carbocycles. The summed E-state index contributed by atoms with van der Waals surface area (Å²) in [5, 5.41) is 8.57. The average molecular weight is 288 g/mol. The predicted octanol–water partition coefficient (Wildman–Crippen LogP) is 2.79. The first-order chi connectivity index (χ1) is 5.09. The molecular formula is C7H12Br2O2. The molecule has 66 valence electrons. The minimum absolute atomic E-state index is 0.0416. The van der Waals surface area contributed by atoms with Gasteiger partial charge in [-0.05, 0) is 6.42 Å². The van der Waals surface area contributed by atoms with E-state index in [9.17, 15) is 4.79 Å². The lowest BCUT2D eigenvalue weighted by molar-refractivity contribution is -0.136. The number of rotatable bonds is 5. The van der Waals surface area contributed by atoms with Crippen LogP contribution in [0.2, 0.25) is 0 Å². The number of carboxylic acid groups (broad SMARTS) is 1. The van der Waals surface area contributed by atoms with Crippen molar-refractivity contribution < 1.29 is 9.90 Å². The normalized spacial score (nSPS) is 15.9. The van der Waals surface area contributed by atoms with Crippen LogP contribution in [0, 0.1) is 0 Å². The first-order valence-electron chi connectivity index (χ1n) is 3.60. The fourth-order valence-electron chi connectivity index (χ4n) is 0.700. The Balaban J connectivity index is 3.63. The van der Waals surface area contributed by atoms with Crippen LogP contribution in [-0.4, -0.2) is 20.7 Å². The second-order valence-corrected chi connectivity index (χ2v) is 4.56. The summed E-state index contributed by atoms with van der Waals surface area (Å²) in [6, 6.07) is 0. The lowest BCUT2D eigenvalue weighted by Gasteiger charge is -2.11. The Morgan fingerprint density at radius 2 is 2.09 bits per heavy atom. The van der Waals surface area contributed by atoms with Gasteiger partial charge in [0.1, 0.15) is 4.83 Å². The predicted molar refractivity (Wildman–Crippen MR) is 52.6 cm³/mol. The molecule has 0 amide bonds. The second kappa shape index (κ2) is 6.00. The van der Waals surface area contributed by atoms with Crippen molar-refractivity contribution in [2.45, 2.75) is 35.8 Å². The highest BCUT2D eigenvalue weighted by atomic mass is 79.9. The Bertz CT molecular complexity index is 128. The minimum atomic E-state index is -0.803. The molecule has 0 saturated carbocycles. The Hall–Kier alpha value is 0.430. The van der Waals surface area contributed by atoms with Crippen LogP contribution < -0.4 is 0 Å². The maximum absolute atomic E-state index is 10.4. The van der Waals surface area contributed by atoms with E-state index in [1.807, 2.05) is 0 Å². The fourth-order valence-corrected chi connectivity index (χ4v) is 1.51. The van der Waals surface area contributed by atoms with Crippen molar-refractivity contribution in [3.63, 3.8) is 0 Å². The molecule has 2 unspecified atom stereocenters. The van der Waals surface area contributed by atoms with Gasteiger partial charge in [0.25, 0.3) is 0 Å². The van der Waals surface area contributed by atoms with Crippen LogP contribution in [-0.2, 0) is 4.79 Å². The first kappa shape index (κ1) is 11.4. The number of alkyl halides is 2. The highest BCUT2D eigenvalue weighted by Crippen LogP contribution is 2.20. The van der Waals surface area contributed by atoms with E-state index in [0.29, 0.717) is 0 Å². The molecule has 0 rings (SSSR count). The molecule has 0 fully saturated rings. The van der Waals surface area contributed by atoms with Gasteiger partial charge in [-0.3, -0.25) is 4.79 Å². The van der Waals surface area contributed by atoms with Gasteiger partial charge < -0.3 is 5.11 Å². The summed E-state index contributed by atoms with van der Waals surface area (Å²) in [5.74, 6) is -0.803. The smallest absolute Gasteiger partial charge is 0.318 e. The van der Waals surface area contributed by atoms with Gasteiger partial charge in [0.05, 0.1) is 0 Å². The highest BCUT2D eigenvalue weighted by molar-refractivity contribution is 9.12. The number of carboxylic acids is 1. The summed E-state index contributed by atoms with van der Waals surface area (Å²) in [5.41, 5.74) is 0. The number of carbonyl (C=O) groups is 1. The van der Waals surface area contributed by atoms with Crippen LogP contribution in [0.3, 0.4) is 0 Å². The van der Waals surface area contributed by atoms with Crippen LogP contribution in [0.4, 0.5) is 0 Å². The molecule has 0 aromatic heterocycles. The lowest BCUT2D eigenvalue weighted by atomic mass is 10.1. The van der Waals surface area contributed by atoms with Gasteiger partial charge in [0, 0.05) is 4.83 Å². The molecule has 0 aromatic carbocycles. The van der Waals surface area contributed by atoms with E-state index in [0.717, 1.165) is 19.3 Å². The zero-order valence-corrected chi connectivity index (χ0v) is 9.56. The van der Waals surface area contributed by atoms with Gasteiger partial charge in [-0.1, -0.05) is 51.6 Å². The molecule has 1 N–H and O–H groups in total. The second-order valence-electron chi connectivity index (χ2n) is 2.40. The van der Waals surface area contributed by atoms with E-state index >= 15 is 0 Å². The maximum Gasteiger partial charge on any atom is 0.318 e. The monoisotopic (exact) mass is 286 g/mol. The number of hydrogen-bond donors (Lipinski definition) is 1. The Morgan fingerprint density at radius 1 is 1.55 bits per heavy atom. The number of halogens is 2. The van der Waals surface area contributed by atoms with Crippen LogP contribution in [0.15, 0.2) is 0 Å². The number of aliphatic carboxylic acids is 1. The van der Waals surface area contributed by atoms with Gasteiger partial charge in [-0.2, -0.15) is 0 Å². The zero-order chi connectivity index (χ0) is 8.85. The Labute approximate surface area is 83.6 Å². The lowest BCUT2D eigenvalue weighted by Crippen LogP contribution is -2.23. The van der Waals surface area contributed by atoms with Crippen molar-refractivity contribution in [2.75, 3.05) is 0 Å². The summed E-state index contributed by atoms with van der Waals surface area (Å²) in [4.78, 5) is 10.0. The third kappa shape index (κ3) is 4.80. The van der Waals surface area contributed by atoms with Gasteiger partial charge in [-0.15, -0.1) is 0 Å². The van der Waals surface area contributed by atoms with E-state index in [1.54, 1.807) is 0 Å². The van der Waals surface area contributed by atoms with Gasteiger partial charge >= 0.3 is 5.97 Å². The van der Waals surface area contributed by atoms with Crippen molar-refractivity contribution in [3.8, 4) is 0 Å². The van der Waals surface area contributed by atoms with E-state index in [2.05, 4.69) is 38.8 Å². The first-order valence-corrected chi connectivity index (χ1v) is 5.43. The molecule has 0 aromatic rings. The standard InChI is InChI=1S/C7H12Br2O2/c1-2-3-4-5(8)6(9)7(10)11/h5-6H,2-4H2,1H3,(H,10,11). The highest BCUT2D eigenvalue weighted by Gasteiger charge is 2.21. The SMILES string of the molecule is CCCCC(Br)C(Br)C(=O)O.